The standard InChI is InChI=1S/C34H50N2O7S/c1-7-9-11-16-22-36(44(39,40)32-21-20-28(41-6)25-31(32)42-23-17-12-10-8-2)26-30(37)29(24-27-18-14-13-15-19-27)35-33(38)43-34(3,4)5/h7-8,13-15,18-21,25,29-30,37H,1-2,9-12,16-17,22-24,26H2,3-6H3,(H,35,38)/t29-,30+/m0/s1. The number of sulfonamides is 1. The van der Waals surface area contributed by atoms with E-state index in [0.717, 1.165) is 37.7 Å². The molecule has 2 aromatic rings. The second kappa shape index (κ2) is 18.5. The van der Waals surface area contributed by atoms with E-state index in [0.29, 0.717) is 18.8 Å². The number of methoxy groups -OCH3 is 1. The molecule has 244 valence electrons. The molecule has 0 bridgehead atoms. The number of rotatable bonds is 20. The van der Waals surface area contributed by atoms with Crippen LogP contribution in [-0.4, -0.2) is 68.5 Å². The molecule has 0 fully saturated rings. The Labute approximate surface area is 264 Å². The van der Waals surface area contributed by atoms with Crippen LogP contribution in [0.3, 0.4) is 0 Å². The highest BCUT2D eigenvalue weighted by molar-refractivity contribution is 7.89. The number of unbranched alkanes of at least 4 members (excludes halogenated alkanes) is 4. The Kier molecular flexibility index (Phi) is 15.5. The first-order valence-corrected chi connectivity index (χ1v) is 16.6. The summed E-state index contributed by atoms with van der Waals surface area (Å²) in [5, 5.41) is 14.3. The van der Waals surface area contributed by atoms with E-state index in [-0.39, 0.29) is 30.2 Å². The molecule has 0 spiro atoms. The fourth-order valence-corrected chi connectivity index (χ4v) is 6.09. The molecule has 0 aliphatic heterocycles. The number of allylic oxidation sites excluding steroid dienone is 2. The molecule has 10 heteroatoms. The Morgan fingerprint density at radius 2 is 1.68 bits per heavy atom. The highest BCUT2D eigenvalue weighted by atomic mass is 32.2. The van der Waals surface area contributed by atoms with Gasteiger partial charge in [0, 0.05) is 19.2 Å². The average Bonchev–Trinajstić information content (AvgIpc) is 2.97. The molecular weight excluding hydrogens is 580 g/mol. The number of nitrogens with one attached hydrogen (secondary N) is 1. The van der Waals surface area contributed by atoms with Gasteiger partial charge in [0.1, 0.15) is 22.0 Å². The number of hydrogen-bond acceptors (Lipinski definition) is 7. The fourth-order valence-electron chi connectivity index (χ4n) is 4.49. The molecule has 0 saturated heterocycles. The normalized spacial score (nSPS) is 13.1. The molecule has 2 rings (SSSR count). The van der Waals surface area contributed by atoms with Crippen molar-refractivity contribution in [1.29, 1.82) is 0 Å². The minimum Gasteiger partial charge on any atom is -0.497 e. The molecule has 0 unspecified atom stereocenters. The summed E-state index contributed by atoms with van der Waals surface area (Å²) in [7, 11) is -2.64. The molecular formula is C34H50N2O7S. The van der Waals surface area contributed by atoms with Crippen LogP contribution in [-0.2, 0) is 21.2 Å². The molecule has 9 nitrogen and oxygen atoms in total. The van der Waals surface area contributed by atoms with Gasteiger partial charge >= 0.3 is 6.09 Å². The van der Waals surface area contributed by atoms with Crippen molar-refractivity contribution in [3.05, 3.63) is 79.4 Å². The SMILES string of the molecule is C=CCCCCOc1cc(OC)ccc1S(=O)(=O)N(CCCCC=C)C[C@@H](O)[C@H](Cc1ccccc1)NC(=O)OC(C)(C)C. The zero-order chi connectivity index (χ0) is 32.6. The molecule has 0 saturated carbocycles. The smallest absolute Gasteiger partial charge is 0.407 e. The Hall–Kier alpha value is -3.34. The summed E-state index contributed by atoms with van der Waals surface area (Å²) in [6.45, 7) is 13.0. The molecule has 2 atom stereocenters. The number of amides is 1. The molecule has 44 heavy (non-hydrogen) atoms. The van der Waals surface area contributed by atoms with Gasteiger partial charge in [-0.2, -0.15) is 4.31 Å². The minimum absolute atomic E-state index is 0.0161. The topological polar surface area (TPSA) is 114 Å². The van der Waals surface area contributed by atoms with Gasteiger partial charge in [-0.05, 0) is 83.4 Å². The number of aliphatic hydroxyl groups excluding tert-OH is 1. The van der Waals surface area contributed by atoms with Crippen LogP contribution >= 0.6 is 0 Å². The number of carbonyl (C=O) groups excluding carboxylic acids is 1. The van der Waals surface area contributed by atoms with Crippen LogP contribution in [0.1, 0.15) is 64.9 Å². The third kappa shape index (κ3) is 12.7. The predicted molar refractivity (Wildman–Crippen MR) is 175 cm³/mol. The van der Waals surface area contributed by atoms with E-state index < -0.39 is 33.9 Å². The summed E-state index contributed by atoms with van der Waals surface area (Å²) in [6.07, 6.45) is 6.38. The number of hydrogen-bond donors (Lipinski definition) is 2. The highest BCUT2D eigenvalue weighted by Crippen LogP contribution is 2.32. The maximum atomic E-state index is 14.2. The van der Waals surface area contributed by atoms with Gasteiger partial charge in [0.25, 0.3) is 0 Å². The summed E-state index contributed by atoms with van der Waals surface area (Å²) in [6, 6.07) is 13.2. The van der Waals surface area contributed by atoms with Crippen LogP contribution in [0, 0.1) is 0 Å². The Balaban J connectivity index is 2.41. The van der Waals surface area contributed by atoms with Crippen LogP contribution in [0.15, 0.2) is 78.7 Å². The first-order valence-electron chi connectivity index (χ1n) is 15.2. The lowest BCUT2D eigenvalue weighted by Crippen LogP contribution is -2.51. The van der Waals surface area contributed by atoms with Crippen molar-refractivity contribution >= 4 is 16.1 Å². The number of aliphatic hydroxyl groups is 1. The van der Waals surface area contributed by atoms with Crippen LogP contribution < -0.4 is 14.8 Å². The van der Waals surface area contributed by atoms with E-state index in [2.05, 4.69) is 18.5 Å². The first kappa shape index (κ1) is 36.8. The van der Waals surface area contributed by atoms with Crippen LogP contribution in [0.4, 0.5) is 4.79 Å². The van der Waals surface area contributed by atoms with Gasteiger partial charge in [-0.25, -0.2) is 13.2 Å². The van der Waals surface area contributed by atoms with E-state index in [1.807, 2.05) is 36.4 Å². The lowest BCUT2D eigenvalue weighted by Gasteiger charge is -2.31. The number of carbonyl (C=O) groups is 1. The van der Waals surface area contributed by atoms with Gasteiger partial charge in [0.15, 0.2) is 0 Å². The third-order valence-corrected chi connectivity index (χ3v) is 8.65. The number of benzene rings is 2. The van der Waals surface area contributed by atoms with Gasteiger partial charge in [-0.3, -0.25) is 0 Å². The second-order valence-electron chi connectivity index (χ2n) is 11.6. The van der Waals surface area contributed by atoms with Crippen LogP contribution in [0.2, 0.25) is 0 Å². The molecule has 1 amide bonds. The van der Waals surface area contributed by atoms with E-state index in [4.69, 9.17) is 14.2 Å². The Morgan fingerprint density at radius 3 is 2.30 bits per heavy atom. The van der Waals surface area contributed by atoms with Gasteiger partial charge in [0.2, 0.25) is 10.0 Å². The molecule has 0 aliphatic rings. The minimum atomic E-state index is -4.14. The number of nitrogens with zero attached hydrogens (tertiary/aromatic N) is 1. The van der Waals surface area contributed by atoms with Crippen molar-refractivity contribution in [2.75, 3.05) is 26.8 Å². The second-order valence-corrected chi connectivity index (χ2v) is 13.5. The maximum absolute atomic E-state index is 14.2. The number of alkyl carbamates (subject to hydrolysis) is 1. The van der Waals surface area contributed by atoms with Crippen molar-refractivity contribution in [2.45, 2.75) is 88.4 Å². The summed E-state index contributed by atoms with van der Waals surface area (Å²) in [5.41, 5.74) is 0.124. The van der Waals surface area contributed by atoms with Crippen molar-refractivity contribution < 1.29 is 32.5 Å². The summed E-state index contributed by atoms with van der Waals surface area (Å²) in [4.78, 5) is 12.7. The van der Waals surface area contributed by atoms with Crippen molar-refractivity contribution in [2.24, 2.45) is 0 Å². The lowest BCUT2D eigenvalue weighted by atomic mass is 10.0. The summed E-state index contributed by atoms with van der Waals surface area (Å²) < 4.78 is 46.5. The summed E-state index contributed by atoms with van der Waals surface area (Å²) >= 11 is 0. The lowest BCUT2D eigenvalue weighted by molar-refractivity contribution is 0.0402. The molecule has 0 radical (unpaired) electrons. The van der Waals surface area contributed by atoms with Crippen molar-refractivity contribution in [1.82, 2.24) is 9.62 Å². The zero-order valence-corrected chi connectivity index (χ0v) is 27.5. The largest absolute Gasteiger partial charge is 0.497 e. The average molecular weight is 631 g/mol. The van der Waals surface area contributed by atoms with Gasteiger partial charge in [-0.1, -0.05) is 42.5 Å². The molecule has 0 aliphatic carbocycles. The predicted octanol–water partition coefficient (Wildman–Crippen LogP) is 6.27. The fraction of sp³-hybridized carbons (Fsp3) is 0.500. The molecule has 0 aromatic heterocycles. The third-order valence-electron chi connectivity index (χ3n) is 6.75. The zero-order valence-electron chi connectivity index (χ0n) is 26.7. The van der Waals surface area contributed by atoms with E-state index in [9.17, 15) is 18.3 Å². The van der Waals surface area contributed by atoms with E-state index in [1.54, 1.807) is 39.0 Å². The molecule has 2 N–H and O–H groups in total. The Bertz CT molecular complexity index is 1280. The molecule has 0 heterocycles. The van der Waals surface area contributed by atoms with Gasteiger partial charge < -0.3 is 24.6 Å². The maximum Gasteiger partial charge on any atom is 0.407 e. The monoisotopic (exact) mass is 630 g/mol. The highest BCUT2D eigenvalue weighted by Gasteiger charge is 2.33. The van der Waals surface area contributed by atoms with Crippen molar-refractivity contribution in [3.63, 3.8) is 0 Å². The van der Waals surface area contributed by atoms with Crippen LogP contribution in [0.25, 0.3) is 0 Å². The molecule has 2 aromatic carbocycles. The number of ether oxygens (including phenoxy) is 3. The Morgan fingerprint density at radius 1 is 1.02 bits per heavy atom. The van der Waals surface area contributed by atoms with Crippen molar-refractivity contribution in [3.8, 4) is 11.5 Å². The van der Waals surface area contributed by atoms with Crippen LogP contribution in [0.5, 0.6) is 11.5 Å². The van der Waals surface area contributed by atoms with E-state index in [1.165, 1.54) is 17.5 Å². The van der Waals surface area contributed by atoms with Gasteiger partial charge in [-0.15, -0.1) is 13.2 Å². The van der Waals surface area contributed by atoms with E-state index >= 15 is 0 Å². The first-order chi connectivity index (χ1) is 20.9. The van der Waals surface area contributed by atoms with Gasteiger partial charge in [0.05, 0.1) is 25.9 Å². The quantitative estimate of drug-likeness (QED) is 0.131. The summed E-state index contributed by atoms with van der Waals surface area (Å²) in [5.74, 6) is 0.647.